The molecule has 0 aliphatic carbocycles. The lowest BCUT2D eigenvalue weighted by Gasteiger charge is -2.26. The Hall–Kier alpha value is -3.10. The molecule has 9 heteroatoms. The fourth-order valence-electron chi connectivity index (χ4n) is 2.67. The Morgan fingerprint density at radius 3 is 1.91 bits per heavy atom. The van der Waals surface area contributed by atoms with Gasteiger partial charge in [-0.05, 0) is 47.1 Å². The summed E-state index contributed by atoms with van der Waals surface area (Å²) in [4.78, 5) is 49.8. The van der Waals surface area contributed by atoms with Crippen LogP contribution in [0.15, 0.2) is 30.3 Å². The van der Waals surface area contributed by atoms with E-state index in [4.69, 9.17) is 14.2 Å². The van der Waals surface area contributed by atoms with Gasteiger partial charge in [0.25, 0.3) is 0 Å². The van der Waals surface area contributed by atoms with Gasteiger partial charge in [-0.15, -0.1) is 0 Å². The first-order valence-electron chi connectivity index (χ1n) is 10.3. The van der Waals surface area contributed by atoms with Gasteiger partial charge in [-0.25, -0.2) is 9.59 Å². The van der Waals surface area contributed by atoms with Crippen molar-refractivity contribution in [3.05, 3.63) is 35.9 Å². The molecule has 2 amide bonds. The molecule has 0 aliphatic heterocycles. The summed E-state index contributed by atoms with van der Waals surface area (Å²) in [6.45, 7) is 10.1. The number of benzene rings is 1. The number of hydrogen-bond acceptors (Lipinski definition) is 7. The first-order chi connectivity index (χ1) is 14.7. The molecular weight excluding hydrogens is 416 g/mol. The summed E-state index contributed by atoms with van der Waals surface area (Å²) in [5.41, 5.74) is -0.780. The number of alkyl carbamates (subject to hydrolysis) is 1. The summed E-state index contributed by atoms with van der Waals surface area (Å²) in [5, 5.41) is 4.95. The summed E-state index contributed by atoms with van der Waals surface area (Å²) in [7, 11) is 1.21. The average Bonchev–Trinajstić information content (AvgIpc) is 2.64. The molecule has 0 radical (unpaired) electrons. The number of rotatable bonds is 8. The summed E-state index contributed by atoms with van der Waals surface area (Å²) < 4.78 is 15.3. The van der Waals surface area contributed by atoms with Crippen LogP contribution in [-0.2, 0) is 35.0 Å². The molecule has 178 valence electrons. The van der Waals surface area contributed by atoms with Crippen LogP contribution in [0.1, 0.15) is 53.5 Å². The zero-order valence-electron chi connectivity index (χ0n) is 19.8. The van der Waals surface area contributed by atoms with Crippen LogP contribution in [-0.4, -0.2) is 54.3 Å². The molecule has 0 bridgehead atoms. The molecule has 1 aromatic rings. The Kier molecular flexibility index (Phi) is 9.68. The van der Waals surface area contributed by atoms with Crippen LogP contribution in [0, 0.1) is 0 Å². The molecule has 2 atom stereocenters. The summed E-state index contributed by atoms with van der Waals surface area (Å²) in [6, 6.07) is 6.72. The van der Waals surface area contributed by atoms with Gasteiger partial charge in [-0.2, -0.15) is 0 Å². The fraction of sp³-hybridized carbons (Fsp3) is 0.565. The number of amides is 2. The Morgan fingerprint density at radius 2 is 1.41 bits per heavy atom. The van der Waals surface area contributed by atoms with E-state index in [2.05, 4.69) is 10.6 Å². The number of carbonyl (C=O) groups is 4. The van der Waals surface area contributed by atoms with Crippen molar-refractivity contribution < 1.29 is 33.4 Å². The van der Waals surface area contributed by atoms with E-state index >= 15 is 0 Å². The molecule has 0 fully saturated rings. The highest BCUT2D eigenvalue weighted by molar-refractivity contribution is 5.92. The molecule has 0 aliphatic rings. The summed E-state index contributed by atoms with van der Waals surface area (Å²) in [5.74, 6) is -2.09. The van der Waals surface area contributed by atoms with Gasteiger partial charge in [0.2, 0.25) is 5.91 Å². The second-order valence-corrected chi connectivity index (χ2v) is 9.26. The maximum absolute atomic E-state index is 13.0. The van der Waals surface area contributed by atoms with Gasteiger partial charge < -0.3 is 24.8 Å². The maximum atomic E-state index is 13.0. The topological polar surface area (TPSA) is 120 Å². The normalized spacial score (nSPS) is 13.3. The zero-order valence-corrected chi connectivity index (χ0v) is 19.8. The number of nitrogens with one attached hydrogen (secondary N) is 2. The molecule has 0 saturated carbocycles. The number of methoxy groups -OCH3 is 1. The summed E-state index contributed by atoms with van der Waals surface area (Å²) in [6.07, 6.45) is -1.15. The Balaban J connectivity index is 3.02. The van der Waals surface area contributed by atoms with E-state index in [-0.39, 0.29) is 6.42 Å². The Morgan fingerprint density at radius 1 is 0.844 bits per heavy atom. The van der Waals surface area contributed by atoms with Gasteiger partial charge in [0.1, 0.15) is 23.3 Å². The summed E-state index contributed by atoms with van der Waals surface area (Å²) >= 11 is 0. The van der Waals surface area contributed by atoms with Crippen molar-refractivity contribution in [3.63, 3.8) is 0 Å². The minimum absolute atomic E-state index is 0.171. The van der Waals surface area contributed by atoms with Crippen LogP contribution in [0.3, 0.4) is 0 Å². The van der Waals surface area contributed by atoms with Crippen LogP contribution >= 0.6 is 0 Å². The predicted octanol–water partition coefficient (Wildman–Crippen LogP) is 2.51. The van der Waals surface area contributed by atoms with Gasteiger partial charge in [-0.1, -0.05) is 30.3 Å². The van der Waals surface area contributed by atoms with Crippen LogP contribution in [0.25, 0.3) is 0 Å². The number of esters is 2. The van der Waals surface area contributed by atoms with Gasteiger partial charge in [0.15, 0.2) is 0 Å². The largest absolute Gasteiger partial charge is 0.467 e. The Labute approximate surface area is 189 Å². The van der Waals surface area contributed by atoms with Crippen LogP contribution in [0.2, 0.25) is 0 Å². The molecule has 32 heavy (non-hydrogen) atoms. The minimum Gasteiger partial charge on any atom is -0.467 e. The second-order valence-electron chi connectivity index (χ2n) is 9.26. The molecule has 0 heterocycles. The third-order valence-electron chi connectivity index (χ3n) is 3.88. The fourth-order valence-corrected chi connectivity index (χ4v) is 2.67. The minimum atomic E-state index is -1.32. The quantitative estimate of drug-likeness (QED) is 0.461. The molecule has 1 rings (SSSR count). The van der Waals surface area contributed by atoms with E-state index in [1.807, 2.05) is 6.07 Å². The van der Waals surface area contributed by atoms with Crippen LogP contribution < -0.4 is 10.6 Å². The predicted molar refractivity (Wildman–Crippen MR) is 118 cm³/mol. The van der Waals surface area contributed by atoms with Gasteiger partial charge in [-0.3, -0.25) is 9.59 Å². The van der Waals surface area contributed by atoms with E-state index in [0.717, 1.165) is 5.56 Å². The first kappa shape index (κ1) is 26.9. The number of hydrogen-bond donors (Lipinski definition) is 2. The van der Waals surface area contributed by atoms with Crippen LogP contribution in [0.4, 0.5) is 4.79 Å². The molecule has 2 N–H and O–H groups in total. The molecule has 0 aromatic heterocycles. The number of carbonyl (C=O) groups excluding carboxylic acids is 4. The second kappa shape index (κ2) is 11.5. The standard InChI is InChI=1S/C23H34N2O7/c1-22(2,3)31-18(26)14-16(25-21(29)32-23(4,5)6)19(27)24-17(20(28)30-7)13-15-11-9-8-10-12-15/h8-12,16-17H,13-14H2,1-7H3,(H,24,27)(H,25,29)/t16-,17+/m0/s1. The first-order valence-corrected chi connectivity index (χ1v) is 10.3. The highest BCUT2D eigenvalue weighted by Crippen LogP contribution is 2.12. The third-order valence-corrected chi connectivity index (χ3v) is 3.88. The van der Waals surface area contributed by atoms with E-state index in [0.29, 0.717) is 0 Å². The van der Waals surface area contributed by atoms with E-state index in [9.17, 15) is 19.2 Å². The molecule has 0 saturated heterocycles. The molecule has 0 spiro atoms. The zero-order chi connectivity index (χ0) is 24.5. The smallest absolute Gasteiger partial charge is 0.408 e. The van der Waals surface area contributed by atoms with E-state index in [1.165, 1.54) is 7.11 Å². The van der Waals surface area contributed by atoms with Crippen molar-refractivity contribution in [3.8, 4) is 0 Å². The molecule has 0 unspecified atom stereocenters. The molecule has 1 aromatic carbocycles. The average molecular weight is 451 g/mol. The van der Waals surface area contributed by atoms with Gasteiger partial charge in [0.05, 0.1) is 13.5 Å². The van der Waals surface area contributed by atoms with Gasteiger partial charge in [0, 0.05) is 6.42 Å². The van der Waals surface area contributed by atoms with Crippen molar-refractivity contribution in [1.29, 1.82) is 0 Å². The SMILES string of the molecule is COC(=O)[C@@H](Cc1ccccc1)NC(=O)[C@H](CC(=O)OC(C)(C)C)NC(=O)OC(C)(C)C. The van der Waals surface area contributed by atoms with E-state index < -0.39 is 53.6 Å². The van der Waals surface area contributed by atoms with E-state index in [1.54, 1.807) is 65.8 Å². The molecule has 9 nitrogen and oxygen atoms in total. The lowest BCUT2D eigenvalue weighted by Crippen LogP contribution is -2.54. The lowest BCUT2D eigenvalue weighted by molar-refractivity contribution is -0.156. The molecular formula is C23H34N2O7. The van der Waals surface area contributed by atoms with Crippen molar-refractivity contribution in [2.75, 3.05) is 7.11 Å². The van der Waals surface area contributed by atoms with Gasteiger partial charge >= 0.3 is 18.0 Å². The number of ether oxygens (including phenoxy) is 3. The monoisotopic (exact) mass is 450 g/mol. The maximum Gasteiger partial charge on any atom is 0.408 e. The van der Waals surface area contributed by atoms with Crippen molar-refractivity contribution >= 4 is 23.9 Å². The lowest BCUT2D eigenvalue weighted by atomic mass is 10.0. The van der Waals surface area contributed by atoms with Crippen LogP contribution in [0.5, 0.6) is 0 Å². The highest BCUT2D eigenvalue weighted by Gasteiger charge is 2.32. The highest BCUT2D eigenvalue weighted by atomic mass is 16.6. The van der Waals surface area contributed by atoms with Crippen molar-refractivity contribution in [2.45, 2.75) is 77.7 Å². The van der Waals surface area contributed by atoms with Crippen molar-refractivity contribution in [2.24, 2.45) is 0 Å². The van der Waals surface area contributed by atoms with Crippen molar-refractivity contribution in [1.82, 2.24) is 10.6 Å². The Bertz CT molecular complexity index is 765. The third kappa shape index (κ3) is 10.8.